The molecule has 0 saturated carbocycles. The summed E-state index contributed by atoms with van der Waals surface area (Å²) in [5.41, 5.74) is 7.94. The third-order valence-electron chi connectivity index (χ3n) is 4.34. The van der Waals surface area contributed by atoms with E-state index in [2.05, 4.69) is 32.5 Å². The van der Waals surface area contributed by atoms with E-state index in [1.54, 1.807) is 6.21 Å². The number of nitrogens with one attached hydrogen (secondary N) is 2. The summed E-state index contributed by atoms with van der Waals surface area (Å²) in [6.45, 7) is 4.25. The first-order valence-electron chi connectivity index (χ1n) is 8.22. The number of carbonyl (C=O) groups is 1. The number of fused-ring (bicyclic) bond motifs is 1. The van der Waals surface area contributed by atoms with E-state index >= 15 is 0 Å². The summed E-state index contributed by atoms with van der Waals surface area (Å²) >= 11 is 0. The lowest BCUT2D eigenvalue weighted by Gasteiger charge is -2.05. The highest BCUT2D eigenvalue weighted by Crippen LogP contribution is 2.22. The fourth-order valence-electron chi connectivity index (χ4n) is 2.78. The van der Waals surface area contributed by atoms with Crippen molar-refractivity contribution in [1.82, 2.24) is 9.99 Å². The number of hydrogen-bond acceptors (Lipinski definition) is 3. The Kier molecular flexibility index (Phi) is 4.84. The second-order valence-corrected chi connectivity index (χ2v) is 6.09. The molecular formula is C20H22N4O. The molecule has 2 aromatic carbocycles. The van der Waals surface area contributed by atoms with Crippen LogP contribution in [0.5, 0.6) is 0 Å². The molecule has 3 rings (SSSR count). The van der Waals surface area contributed by atoms with Gasteiger partial charge in [0, 0.05) is 34.9 Å². The zero-order valence-electron chi connectivity index (χ0n) is 14.7. The topological polar surface area (TPSA) is 58.4 Å². The van der Waals surface area contributed by atoms with Crippen LogP contribution in [0.1, 0.15) is 16.8 Å². The highest BCUT2D eigenvalue weighted by atomic mass is 16.2. The molecule has 1 aromatic heterocycles. The number of aromatic nitrogens is 1. The molecule has 0 radical (unpaired) electrons. The number of nitrogens with zero attached hydrogens (tertiary/aromatic N) is 2. The third kappa shape index (κ3) is 3.71. The first-order valence-corrected chi connectivity index (χ1v) is 8.22. The maximum atomic E-state index is 11.9. The van der Waals surface area contributed by atoms with Gasteiger partial charge in [-0.2, -0.15) is 5.10 Å². The summed E-state index contributed by atoms with van der Waals surface area (Å²) in [7, 11) is 2.03. The van der Waals surface area contributed by atoms with E-state index in [4.69, 9.17) is 0 Å². The molecule has 0 aliphatic carbocycles. The Morgan fingerprint density at radius 1 is 1.12 bits per heavy atom. The molecule has 0 fully saturated rings. The van der Waals surface area contributed by atoms with Gasteiger partial charge in [0.25, 0.3) is 5.91 Å². The molecular weight excluding hydrogens is 312 g/mol. The molecule has 1 amide bonds. The van der Waals surface area contributed by atoms with E-state index in [1.165, 1.54) is 5.56 Å². The van der Waals surface area contributed by atoms with E-state index < -0.39 is 0 Å². The molecule has 0 aliphatic heterocycles. The Hall–Kier alpha value is -3.08. The molecule has 5 heteroatoms. The van der Waals surface area contributed by atoms with Crippen LogP contribution >= 0.6 is 0 Å². The van der Waals surface area contributed by atoms with Crippen molar-refractivity contribution in [3.8, 4) is 0 Å². The zero-order valence-corrected chi connectivity index (χ0v) is 14.7. The van der Waals surface area contributed by atoms with E-state index in [1.807, 2.05) is 57.3 Å². The van der Waals surface area contributed by atoms with Gasteiger partial charge in [0.15, 0.2) is 0 Å². The van der Waals surface area contributed by atoms with Gasteiger partial charge in [0.05, 0.1) is 12.8 Å². The normalized spacial score (nSPS) is 11.2. The fourth-order valence-corrected chi connectivity index (χ4v) is 2.78. The first kappa shape index (κ1) is 16.8. The number of para-hydroxylation sites is 1. The van der Waals surface area contributed by atoms with E-state index in [0.717, 1.165) is 27.8 Å². The van der Waals surface area contributed by atoms with E-state index in [0.29, 0.717) is 0 Å². The molecule has 128 valence electrons. The van der Waals surface area contributed by atoms with Crippen molar-refractivity contribution in [2.24, 2.45) is 12.1 Å². The van der Waals surface area contributed by atoms with E-state index in [9.17, 15) is 4.79 Å². The van der Waals surface area contributed by atoms with Crippen LogP contribution in [0.3, 0.4) is 0 Å². The number of anilines is 1. The minimum Gasteiger partial charge on any atom is -0.376 e. The van der Waals surface area contributed by atoms with Gasteiger partial charge in [-0.15, -0.1) is 0 Å². The number of rotatable bonds is 5. The molecule has 0 unspecified atom stereocenters. The quantitative estimate of drug-likeness (QED) is 0.555. The number of aryl methyl sites for hydroxylation is 2. The number of carbonyl (C=O) groups excluding carboxylic acids is 1. The predicted octanol–water partition coefficient (Wildman–Crippen LogP) is 3.36. The number of benzene rings is 2. The van der Waals surface area contributed by atoms with Gasteiger partial charge in [0.2, 0.25) is 0 Å². The van der Waals surface area contributed by atoms with Gasteiger partial charge in [-0.05, 0) is 32.0 Å². The van der Waals surface area contributed by atoms with Crippen molar-refractivity contribution in [3.63, 3.8) is 0 Å². The summed E-state index contributed by atoms with van der Waals surface area (Å²) in [4.78, 5) is 11.9. The van der Waals surface area contributed by atoms with Crippen LogP contribution < -0.4 is 10.7 Å². The second-order valence-electron chi connectivity index (χ2n) is 6.09. The lowest BCUT2D eigenvalue weighted by molar-refractivity contribution is -0.119. The Balaban J connectivity index is 1.62. The fraction of sp³-hybridized carbons (Fsp3) is 0.200. The Morgan fingerprint density at radius 2 is 1.84 bits per heavy atom. The van der Waals surface area contributed by atoms with Gasteiger partial charge in [0.1, 0.15) is 0 Å². The lowest BCUT2D eigenvalue weighted by atomic mass is 10.1. The van der Waals surface area contributed by atoms with Crippen LogP contribution in [0.25, 0.3) is 10.9 Å². The molecule has 25 heavy (non-hydrogen) atoms. The Bertz CT molecular complexity index is 923. The Morgan fingerprint density at radius 3 is 2.60 bits per heavy atom. The zero-order chi connectivity index (χ0) is 17.8. The van der Waals surface area contributed by atoms with Crippen molar-refractivity contribution in [3.05, 3.63) is 65.4 Å². The highest BCUT2D eigenvalue weighted by Gasteiger charge is 2.09. The molecule has 0 saturated heterocycles. The van der Waals surface area contributed by atoms with Crippen molar-refractivity contribution in [1.29, 1.82) is 0 Å². The van der Waals surface area contributed by atoms with Gasteiger partial charge >= 0.3 is 0 Å². The summed E-state index contributed by atoms with van der Waals surface area (Å²) < 4.78 is 2.12. The average Bonchev–Trinajstić information content (AvgIpc) is 2.86. The maximum absolute atomic E-state index is 11.9. The summed E-state index contributed by atoms with van der Waals surface area (Å²) in [5.74, 6) is -0.185. The maximum Gasteiger partial charge on any atom is 0.259 e. The molecule has 3 aromatic rings. The average molecular weight is 334 g/mol. The third-order valence-corrected chi connectivity index (χ3v) is 4.34. The number of hydrogen-bond donors (Lipinski definition) is 2. The van der Waals surface area contributed by atoms with Crippen LogP contribution in [0.15, 0.2) is 53.6 Å². The van der Waals surface area contributed by atoms with Crippen LogP contribution in [-0.4, -0.2) is 23.2 Å². The molecule has 0 atom stereocenters. The minimum absolute atomic E-state index is 0.176. The summed E-state index contributed by atoms with van der Waals surface area (Å²) in [5, 5.41) is 8.31. The Labute approximate surface area is 147 Å². The van der Waals surface area contributed by atoms with Gasteiger partial charge in [-0.1, -0.05) is 35.9 Å². The molecule has 0 bridgehead atoms. The van der Waals surface area contributed by atoms with Crippen molar-refractivity contribution in [2.75, 3.05) is 11.9 Å². The number of hydrazone groups is 1. The molecule has 0 spiro atoms. The van der Waals surface area contributed by atoms with Crippen LogP contribution in [0.2, 0.25) is 0 Å². The highest BCUT2D eigenvalue weighted by molar-refractivity contribution is 6.01. The molecule has 2 N–H and O–H groups in total. The second kappa shape index (κ2) is 7.21. The monoisotopic (exact) mass is 334 g/mol. The minimum atomic E-state index is -0.185. The van der Waals surface area contributed by atoms with Crippen LogP contribution in [0, 0.1) is 13.8 Å². The summed E-state index contributed by atoms with van der Waals surface area (Å²) in [6.07, 6.45) is 1.71. The van der Waals surface area contributed by atoms with E-state index in [-0.39, 0.29) is 12.5 Å². The standard InChI is InChI=1S/C20H22N4O/c1-14-8-10-16(11-9-14)21-13-20(25)23-22-12-18-15(2)24(3)19-7-5-4-6-17(18)19/h4-12,21H,13H2,1-3H3,(H,23,25). The smallest absolute Gasteiger partial charge is 0.259 e. The number of amides is 1. The first-order chi connectivity index (χ1) is 12.1. The molecule has 1 heterocycles. The van der Waals surface area contributed by atoms with Gasteiger partial charge in [-0.3, -0.25) is 4.79 Å². The lowest BCUT2D eigenvalue weighted by Crippen LogP contribution is -2.25. The van der Waals surface area contributed by atoms with Crippen molar-refractivity contribution < 1.29 is 4.79 Å². The van der Waals surface area contributed by atoms with Crippen molar-refractivity contribution >= 4 is 28.7 Å². The SMILES string of the molecule is Cc1ccc(NCC(=O)NN=Cc2c(C)n(C)c3ccccc23)cc1. The summed E-state index contributed by atoms with van der Waals surface area (Å²) in [6, 6.07) is 16.1. The van der Waals surface area contributed by atoms with Crippen molar-refractivity contribution in [2.45, 2.75) is 13.8 Å². The van der Waals surface area contributed by atoms with Gasteiger partial charge < -0.3 is 9.88 Å². The molecule has 5 nitrogen and oxygen atoms in total. The van der Waals surface area contributed by atoms with Crippen LogP contribution in [-0.2, 0) is 11.8 Å². The molecule has 0 aliphatic rings. The van der Waals surface area contributed by atoms with Crippen LogP contribution in [0.4, 0.5) is 5.69 Å². The predicted molar refractivity (Wildman–Crippen MR) is 103 cm³/mol. The van der Waals surface area contributed by atoms with Gasteiger partial charge in [-0.25, -0.2) is 5.43 Å². The largest absolute Gasteiger partial charge is 0.376 e.